The molecule has 0 aromatic heterocycles. The van der Waals surface area contributed by atoms with Crippen LogP contribution in [-0.2, 0) is 11.3 Å². The summed E-state index contributed by atoms with van der Waals surface area (Å²) in [7, 11) is 0. The summed E-state index contributed by atoms with van der Waals surface area (Å²) in [6.45, 7) is 3.30. The summed E-state index contributed by atoms with van der Waals surface area (Å²) in [6.07, 6.45) is 0. The third-order valence-corrected chi connectivity index (χ3v) is 6.13. The minimum atomic E-state index is -4.48. The number of hydrogen-bond acceptors (Lipinski definition) is 4. The molecule has 4 rings (SSSR count). The minimum Gasteiger partial charge on any atom is -0.457 e. The van der Waals surface area contributed by atoms with Crippen molar-refractivity contribution < 1.29 is 27.5 Å². The number of alkyl halides is 3. The number of imide groups is 1. The molecule has 3 amide bonds. The molecule has 0 saturated carbocycles. The maximum absolute atomic E-state index is 13.4. The number of urea groups is 1. The number of halogens is 3. The normalized spacial score (nSPS) is 15.7. The summed E-state index contributed by atoms with van der Waals surface area (Å²) in [5.41, 5.74) is -4.92. The number of thioether (sulfide) groups is 1. The molecule has 1 heterocycles. The third-order valence-electron chi connectivity index (χ3n) is 5.40. The first-order valence-electron chi connectivity index (χ1n) is 10.4. The van der Waals surface area contributed by atoms with E-state index in [9.17, 15) is 22.8 Å². The molecular formula is C25H21F3N2O3S. The second-order valence-corrected chi connectivity index (χ2v) is 9.27. The molecule has 9 heteroatoms. The van der Waals surface area contributed by atoms with Crippen molar-refractivity contribution in [1.29, 1.82) is 0 Å². The van der Waals surface area contributed by atoms with Crippen molar-refractivity contribution in [2.75, 3.05) is 4.90 Å². The predicted octanol–water partition coefficient (Wildman–Crippen LogP) is 6.84. The van der Waals surface area contributed by atoms with Crippen molar-refractivity contribution in [1.82, 2.24) is 4.90 Å². The van der Waals surface area contributed by atoms with Gasteiger partial charge in [-0.05, 0) is 62.0 Å². The van der Waals surface area contributed by atoms with Gasteiger partial charge in [0.2, 0.25) is 0 Å². The fourth-order valence-corrected chi connectivity index (χ4v) is 4.26. The van der Waals surface area contributed by atoms with Crippen LogP contribution in [0, 0.1) is 0 Å². The molecule has 0 unspecified atom stereocenters. The van der Waals surface area contributed by atoms with E-state index < -0.39 is 23.0 Å². The highest BCUT2D eigenvalue weighted by Gasteiger charge is 2.52. The largest absolute Gasteiger partial charge is 0.457 e. The van der Waals surface area contributed by atoms with Gasteiger partial charge in [0.05, 0.1) is 12.2 Å². The lowest BCUT2D eigenvalue weighted by Gasteiger charge is -2.28. The molecule has 176 valence electrons. The molecule has 3 aromatic rings. The maximum atomic E-state index is 13.4. The molecule has 0 radical (unpaired) electrons. The Morgan fingerprint density at radius 1 is 0.912 bits per heavy atom. The van der Waals surface area contributed by atoms with Crippen LogP contribution in [0.4, 0.5) is 23.7 Å². The molecular weight excluding hydrogens is 465 g/mol. The Balaban J connectivity index is 1.62. The highest BCUT2D eigenvalue weighted by Crippen LogP contribution is 2.40. The summed E-state index contributed by atoms with van der Waals surface area (Å²) >= 11 is -0.297. The Kier molecular flexibility index (Phi) is 6.31. The van der Waals surface area contributed by atoms with Crippen LogP contribution in [0.2, 0.25) is 0 Å². The van der Waals surface area contributed by atoms with E-state index in [0.717, 1.165) is 4.90 Å². The van der Waals surface area contributed by atoms with Gasteiger partial charge in [0.25, 0.3) is 5.91 Å². The fourth-order valence-electron chi connectivity index (χ4n) is 3.67. The van der Waals surface area contributed by atoms with E-state index in [-0.39, 0.29) is 28.9 Å². The molecule has 0 bridgehead atoms. The van der Waals surface area contributed by atoms with Gasteiger partial charge in [0.1, 0.15) is 17.0 Å². The number of rotatable bonds is 6. The third kappa shape index (κ3) is 4.89. The van der Waals surface area contributed by atoms with E-state index in [1.807, 2.05) is 18.2 Å². The van der Waals surface area contributed by atoms with Crippen molar-refractivity contribution >= 4 is 29.4 Å². The number of nitrogens with zero attached hydrogens (tertiary/aromatic N) is 2. The molecule has 1 fully saturated rings. The van der Waals surface area contributed by atoms with Crippen molar-refractivity contribution in [2.45, 2.75) is 36.3 Å². The van der Waals surface area contributed by atoms with Crippen LogP contribution in [-0.4, -0.2) is 27.9 Å². The summed E-state index contributed by atoms with van der Waals surface area (Å²) < 4.78 is 44.4. The van der Waals surface area contributed by atoms with Gasteiger partial charge in [-0.3, -0.25) is 4.79 Å². The highest BCUT2D eigenvalue weighted by molar-refractivity contribution is 8.00. The van der Waals surface area contributed by atoms with Gasteiger partial charge in [0, 0.05) is 10.5 Å². The van der Waals surface area contributed by atoms with Crippen LogP contribution < -0.4 is 9.64 Å². The number of carbonyl (C=O) groups is 2. The molecule has 0 atom stereocenters. The number of hydrogen-bond donors (Lipinski definition) is 0. The monoisotopic (exact) mass is 486 g/mol. The first kappa shape index (κ1) is 23.7. The van der Waals surface area contributed by atoms with E-state index in [1.165, 1.54) is 29.2 Å². The first-order valence-corrected chi connectivity index (χ1v) is 11.2. The second-order valence-electron chi connectivity index (χ2n) is 8.14. The van der Waals surface area contributed by atoms with Crippen LogP contribution in [0.5, 0.6) is 11.5 Å². The molecule has 0 aliphatic carbocycles. The van der Waals surface area contributed by atoms with E-state index in [2.05, 4.69) is 0 Å². The van der Waals surface area contributed by atoms with Crippen LogP contribution in [0.3, 0.4) is 0 Å². The summed E-state index contributed by atoms with van der Waals surface area (Å²) in [5.74, 6) is 0.638. The molecule has 1 aliphatic heterocycles. The van der Waals surface area contributed by atoms with E-state index in [1.54, 1.807) is 50.2 Å². The van der Waals surface area contributed by atoms with Gasteiger partial charge >= 0.3 is 11.5 Å². The van der Waals surface area contributed by atoms with Crippen molar-refractivity contribution in [2.24, 2.45) is 0 Å². The lowest BCUT2D eigenvalue weighted by atomic mass is 10.0. The predicted molar refractivity (Wildman–Crippen MR) is 124 cm³/mol. The van der Waals surface area contributed by atoms with Crippen LogP contribution in [0.1, 0.15) is 19.4 Å². The zero-order valence-electron chi connectivity index (χ0n) is 18.4. The Labute approximate surface area is 199 Å². The molecule has 0 spiro atoms. The zero-order valence-corrected chi connectivity index (χ0v) is 19.2. The van der Waals surface area contributed by atoms with Crippen LogP contribution >= 0.6 is 11.8 Å². The number of anilines is 1. The average Bonchev–Trinajstić information content (AvgIpc) is 2.94. The minimum absolute atomic E-state index is 0.0775. The van der Waals surface area contributed by atoms with Crippen molar-refractivity contribution in [3.05, 3.63) is 84.4 Å². The van der Waals surface area contributed by atoms with Gasteiger partial charge < -0.3 is 9.64 Å². The van der Waals surface area contributed by atoms with Crippen molar-refractivity contribution in [3.63, 3.8) is 0 Å². The van der Waals surface area contributed by atoms with Crippen molar-refractivity contribution in [3.8, 4) is 11.5 Å². The van der Waals surface area contributed by atoms with Gasteiger partial charge in [-0.15, -0.1) is 0 Å². The Morgan fingerprint density at radius 3 is 2.29 bits per heavy atom. The van der Waals surface area contributed by atoms with E-state index in [4.69, 9.17) is 4.74 Å². The molecule has 3 aromatic carbocycles. The van der Waals surface area contributed by atoms with Gasteiger partial charge in [-0.2, -0.15) is 13.2 Å². The van der Waals surface area contributed by atoms with Gasteiger partial charge in [-0.1, -0.05) is 42.5 Å². The zero-order chi connectivity index (χ0) is 24.5. The summed E-state index contributed by atoms with van der Waals surface area (Å²) in [4.78, 5) is 28.8. The second kappa shape index (κ2) is 9.06. The van der Waals surface area contributed by atoms with Gasteiger partial charge in [0.15, 0.2) is 0 Å². The molecule has 34 heavy (non-hydrogen) atoms. The number of amides is 3. The maximum Gasteiger partial charge on any atom is 0.446 e. The number of ether oxygens (including phenoxy) is 1. The summed E-state index contributed by atoms with van der Waals surface area (Å²) in [6, 6.07) is 21.0. The fraction of sp³-hybridized carbons (Fsp3) is 0.200. The Bertz CT molecular complexity index is 1220. The standard InChI is InChI=1S/C25H21F3N2O3S/c1-24(2)22(31)30(18-10-8-13-20(15-18)34-25(26,27)28)23(32)29(24)16-17-9-6-7-14-21(17)33-19-11-4-3-5-12-19/h3-15H,16H2,1-2H3. The van der Waals surface area contributed by atoms with Crippen LogP contribution in [0.15, 0.2) is 83.8 Å². The van der Waals surface area contributed by atoms with Gasteiger partial charge in [-0.25, -0.2) is 9.69 Å². The topological polar surface area (TPSA) is 49.9 Å². The molecule has 1 aliphatic rings. The lowest BCUT2D eigenvalue weighted by molar-refractivity contribution is -0.123. The SMILES string of the molecule is CC1(C)C(=O)N(c2cccc(SC(F)(F)F)c2)C(=O)N1Cc1ccccc1Oc1ccccc1. The van der Waals surface area contributed by atoms with E-state index >= 15 is 0 Å². The van der Waals surface area contributed by atoms with E-state index in [0.29, 0.717) is 17.1 Å². The van der Waals surface area contributed by atoms with Crippen LogP contribution in [0.25, 0.3) is 0 Å². The number of benzene rings is 3. The Morgan fingerprint density at radius 2 is 1.59 bits per heavy atom. The summed E-state index contributed by atoms with van der Waals surface area (Å²) in [5, 5.41) is 0. The number of carbonyl (C=O) groups excluding carboxylic acids is 2. The molecule has 5 nitrogen and oxygen atoms in total. The Hall–Kier alpha value is -3.46. The average molecular weight is 487 g/mol. The smallest absolute Gasteiger partial charge is 0.446 e. The molecule has 1 saturated heterocycles. The number of para-hydroxylation sites is 2. The highest BCUT2D eigenvalue weighted by atomic mass is 32.2. The quantitative estimate of drug-likeness (QED) is 0.283. The lowest BCUT2D eigenvalue weighted by Crippen LogP contribution is -2.43. The molecule has 0 N–H and O–H groups in total. The first-order chi connectivity index (χ1) is 16.1.